The molecule has 0 saturated carbocycles. The fourth-order valence-corrected chi connectivity index (χ4v) is 1.99. The minimum atomic E-state index is -3.47. The van der Waals surface area contributed by atoms with E-state index in [1.54, 1.807) is 20.8 Å². The van der Waals surface area contributed by atoms with Crippen LogP contribution >= 0.6 is 0 Å². The Kier molecular flexibility index (Phi) is 4.54. The van der Waals surface area contributed by atoms with Crippen molar-refractivity contribution in [3.8, 4) is 0 Å². The van der Waals surface area contributed by atoms with Gasteiger partial charge in [-0.3, -0.25) is 5.32 Å². The van der Waals surface area contributed by atoms with Crippen molar-refractivity contribution in [1.82, 2.24) is 4.72 Å². The van der Waals surface area contributed by atoms with E-state index in [0.717, 1.165) is 0 Å². The summed E-state index contributed by atoms with van der Waals surface area (Å²) in [6, 6.07) is 5.79. The third-order valence-electron chi connectivity index (χ3n) is 2.08. The minimum Gasteiger partial charge on any atom is -0.444 e. The Morgan fingerprint density at radius 1 is 1.16 bits per heavy atom. The van der Waals surface area contributed by atoms with Crippen molar-refractivity contribution < 1.29 is 17.9 Å². The first-order valence-corrected chi connectivity index (χ1v) is 7.16. The maximum absolute atomic E-state index is 11.5. The third-order valence-corrected chi connectivity index (χ3v) is 3.51. The molecule has 0 saturated heterocycles. The molecular weight excluding hydrogens is 268 g/mol. The number of carbonyl (C=O) groups is 1. The molecule has 6 nitrogen and oxygen atoms in total. The van der Waals surface area contributed by atoms with Crippen LogP contribution in [0.15, 0.2) is 29.2 Å². The lowest BCUT2D eigenvalue weighted by Crippen LogP contribution is -2.27. The molecule has 0 spiro atoms. The first-order chi connectivity index (χ1) is 8.64. The zero-order valence-electron chi connectivity index (χ0n) is 11.4. The van der Waals surface area contributed by atoms with Crippen LogP contribution in [0.2, 0.25) is 0 Å². The van der Waals surface area contributed by atoms with Crippen LogP contribution in [0.3, 0.4) is 0 Å². The maximum Gasteiger partial charge on any atom is 0.412 e. The first-order valence-electron chi connectivity index (χ1n) is 5.68. The van der Waals surface area contributed by atoms with Crippen molar-refractivity contribution in [3.05, 3.63) is 24.3 Å². The number of rotatable bonds is 3. The predicted molar refractivity (Wildman–Crippen MR) is 72.5 cm³/mol. The molecule has 106 valence electrons. The fourth-order valence-electron chi connectivity index (χ4n) is 1.26. The average molecular weight is 286 g/mol. The molecule has 0 atom stereocenters. The van der Waals surface area contributed by atoms with E-state index in [-0.39, 0.29) is 4.90 Å². The molecule has 7 heteroatoms. The summed E-state index contributed by atoms with van der Waals surface area (Å²) in [5, 5.41) is 2.52. The van der Waals surface area contributed by atoms with Gasteiger partial charge in [-0.05, 0) is 52.1 Å². The van der Waals surface area contributed by atoms with Crippen LogP contribution < -0.4 is 10.0 Å². The first kappa shape index (κ1) is 15.5. The number of carbonyl (C=O) groups excluding carboxylic acids is 1. The second kappa shape index (κ2) is 5.58. The minimum absolute atomic E-state index is 0.129. The maximum atomic E-state index is 11.5. The smallest absolute Gasteiger partial charge is 0.412 e. The molecule has 1 amide bonds. The lowest BCUT2D eigenvalue weighted by molar-refractivity contribution is 0.0636. The Morgan fingerprint density at radius 2 is 1.68 bits per heavy atom. The van der Waals surface area contributed by atoms with Crippen molar-refractivity contribution in [2.24, 2.45) is 0 Å². The second-order valence-corrected chi connectivity index (χ2v) is 6.75. The zero-order chi connectivity index (χ0) is 14.7. The molecule has 0 bridgehead atoms. The monoisotopic (exact) mass is 286 g/mol. The summed E-state index contributed by atoms with van der Waals surface area (Å²) in [5.41, 5.74) is -0.122. The lowest BCUT2D eigenvalue weighted by Gasteiger charge is -2.19. The molecule has 0 aromatic heterocycles. The van der Waals surface area contributed by atoms with Gasteiger partial charge in [0, 0.05) is 5.69 Å². The van der Waals surface area contributed by atoms with Gasteiger partial charge in [0.15, 0.2) is 0 Å². The number of amides is 1. The van der Waals surface area contributed by atoms with Gasteiger partial charge in [0.25, 0.3) is 0 Å². The van der Waals surface area contributed by atoms with Crippen LogP contribution in [0.4, 0.5) is 10.5 Å². The van der Waals surface area contributed by atoms with Crippen molar-refractivity contribution in [1.29, 1.82) is 0 Å². The average Bonchev–Trinajstić information content (AvgIpc) is 2.27. The van der Waals surface area contributed by atoms with E-state index < -0.39 is 21.7 Å². The van der Waals surface area contributed by atoms with Crippen molar-refractivity contribution in [2.45, 2.75) is 31.3 Å². The van der Waals surface area contributed by atoms with Gasteiger partial charge < -0.3 is 4.74 Å². The fraction of sp³-hybridized carbons (Fsp3) is 0.417. The molecule has 2 N–H and O–H groups in total. The standard InChI is InChI=1S/C12H18N2O4S/c1-12(2,3)18-11(15)14-9-5-7-10(8-6-9)19(16,17)13-4/h5-8,13H,1-4H3,(H,14,15). The highest BCUT2D eigenvalue weighted by atomic mass is 32.2. The van der Waals surface area contributed by atoms with Crippen molar-refractivity contribution >= 4 is 21.8 Å². The molecule has 0 radical (unpaired) electrons. The molecular formula is C12H18N2O4S. The molecule has 0 heterocycles. The van der Waals surface area contributed by atoms with Crippen LogP contribution in [-0.2, 0) is 14.8 Å². The summed E-state index contributed by atoms with van der Waals surface area (Å²) < 4.78 is 30.3. The summed E-state index contributed by atoms with van der Waals surface area (Å²) in [5.74, 6) is 0. The molecule has 19 heavy (non-hydrogen) atoms. The number of sulfonamides is 1. The summed E-state index contributed by atoms with van der Waals surface area (Å²) in [7, 11) is -2.13. The van der Waals surface area contributed by atoms with Crippen molar-refractivity contribution in [2.75, 3.05) is 12.4 Å². The quantitative estimate of drug-likeness (QED) is 0.889. The molecule has 0 aliphatic heterocycles. The Morgan fingerprint density at radius 3 is 2.11 bits per heavy atom. The highest BCUT2D eigenvalue weighted by molar-refractivity contribution is 7.89. The van der Waals surface area contributed by atoms with E-state index in [2.05, 4.69) is 10.0 Å². The summed E-state index contributed by atoms with van der Waals surface area (Å²) in [6.45, 7) is 5.28. The van der Waals surface area contributed by atoms with E-state index in [1.165, 1.54) is 31.3 Å². The van der Waals surface area contributed by atoms with E-state index in [0.29, 0.717) is 5.69 Å². The molecule has 1 rings (SSSR count). The SMILES string of the molecule is CNS(=O)(=O)c1ccc(NC(=O)OC(C)(C)C)cc1. The summed E-state index contributed by atoms with van der Waals surface area (Å²) in [4.78, 5) is 11.6. The Hall–Kier alpha value is -1.60. The van der Waals surface area contributed by atoms with Gasteiger partial charge in [-0.2, -0.15) is 0 Å². The highest BCUT2D eigenvalue weighted by Crippen LogP contribution is 2.15. The van der Waals surface area contributed by atoms with Gasteiger partial charge >= 0.3 is 6.09 Å². The molecule has 0 aliphatic rings. The van der Waals surface area contributed by atoms with Crippen LogP contribution in [0.1, 0.15) is 20.8 Å². The van der Waals surface area contributed by atoms with E-state index in [1.807, 2.05) is 0 Å². The number of hydrogen-bond donors (Lipinski definition) is 2. The van der Waals surface area contributed by atoms with Gasteiger partial charge in [-0.1, -0.05) is 0 Å². The summed E-state index contributed by atoms with van der Waals surface area (Å²) in [6.07, 6.45) is -0.586. The van der Waals surface area contributed by atoms with Crippen LogP contribution in [0, 0.1) is 0 Å². The van der Waals surface area contributed by atoms with Crippen LogP contribution in [0.25, 0.3) is 0 Å². The normalized spacial score (nSPS) is 12.0. The molecule has 0 fully saturated rings. The lowest BCUT2D eigenvalue weighted by atomic mass is 10.2. The van der Waals surface area contributed by atoms with E-state index in [4.69, 9.17) is 4.74 Å². The predicted octanol–water partition coefficient (Wildman–Crippen LogP) is 1.94. The molecule has 1 aromatic carbocycles. The third kappa shape index (κ3) is 4.88. The number of benzene rings is 1. The van der Waals surface area contributed by atoms with Gasteiger partial charge in [0.2, 0.25) is 10.0 Å². The number of anilines is 1. The van der Waals surface area contributed by atoms with Crippen LogP contribution in [0.5, 0.6) is 0 Å². The summed E-state index contributed by atoms with van der Waals surface area (Å²) >= 11 is 0. The van der Waals surface area contributed by atoms with E-state index >= 15 is 0 Å². The zero-order valence-corrected chi connectivity index (χ0v) is 12.2. The van der Waals surface area contributed by atoms with Gasteiger partial charge in [-0.25, -0.2) is 17.9 Å². The molecule has 0 unspecified atom stereocenters. The highest BCUT2D eigenvalue weighted by Gasteiger charge is 2.16. The Balaban J connectivity index is 2.76. The largest absolute Gasteiger partial charge is 0.444 e. The Bertz CT molecular complexity index is 544. The van der Waals surface area contributed by atoms with Gasteiger partial charge in [0.1, 0.15) is 5.60 Å². The second-order valence-electron chi connectivity index (χ2n) is 4.86. The van der Waals surface area contributed by atoms with Gasteiger partial charge in [0.05, 0.1) is 4.90 Å². The van der Waals surface area contributed by atoms with Gasteiger partial charge in [-0.15, -0.1) is 0 Å². The molecule has 0 aliphatic carbocycles. The topological polar surface area (TPSA) is 84.5 Å². The number of ether oxygens (including phenoxy) is 1. The Labute approximate surface area is 113 Å². The number of hydrogen-bond acceptors (Lipinski definition) is 4. The van der Waals surface area contributed by atoms with Crippen molar-refractivity contribution in [3.63, 3.8) is 0 Å². The molecule has 1 aromatic rings. The van der Waals surface area contributed by atoms with E-state index in [9.17, 15) is 13.2 Å². The van der Waals surface area contributed by atoms with Crippen LogP contribution in [-0.4, -0.2) is 27.2 Å². The number of nitrogens with one attached hydrogen (secondary N) is 2.